The molecule has 0 aliphatic rings. The Morgan fingerprint density at radius 2 is 2.26 bits per heavy atom. The fourth-order valence-corrected chi connectivity index (χ4v) is 1.73. The minimum Gasteiger partial charge on any atom is -0.396 e. The minimum atomic E-state index is 0.0798. The van der Waals surface area contributed by atoms with Crippen LogP contribution in [0.5, 0.6) is 0 Å². The van der Waals surface area contributed by atoms with Gasteiger partial charge in [-0.05, 0) is 25.0 Å². The van der Waals surface area contributed by atoms with Crippen molar-refractivity contribution in [1.29, 1.82) is 0 Å². The minimum absolute atomic E-state index is 0.0798. The first-order valence-electron chi connectivity index (χ1n) is 6.55. The third-order valence-electron chi connectivity index (χ3n) is 2.80. The fourth-order valence-electron chi connectivity index (χ4n) is 1.73. The first kappa shape index (κ1) is 15.6. The summed E-state index contributed by atoms with van der Waals surface area (Å²) < 4.78 is 5.03. The molecule has 5 heteroatoms. The second kappa shape index (κ2) is 9.47. The number of ether oxygens (including phenoxy) is 1. The second-order valence-corrected chi connectivity index (χ2v) is 4.31. The summed E-state index contributed by atoms with van der Waals surface area (Å²) in [6.45, 7) is 1.71. The predicted molar refractivity (Wildman–Crippen MR) is 72.5 cm³/mol. The molecule has 0 atom stereocenters. The van der Waals surface area contributed by atoms with Gasteiger partial charge in [0, 0.05) is 32.9 Å². The zero-order chi connectivity index (χ0) is 13.9. The average molecular weight is 266 g/mol. The maximum atomic E-state index is 12.1. The number of nitrogens with zero attached hydrogens (tertiary/aromatic N) is 2. The van der Waals surface area contributed by atoms with Crippen LogP contribution in [0.3, 0.4) is 0 Å². The van der Waals surface area contributed by atoms with Crippen molar-refractivity contribution in [2.24, 2.45) is 0 Å². The number of carbonyl (C=O) groups excluding carboxylic acids is 1. The monoisotopic (exact) mass is 266 g/mol. The van der Waals surface area contributed by atoms with Crippen LogP contribution in [0.15, 0.2) is 24.4 Å². The van der Waals surface area contributed by atoms with Gasteiger partial charge < -0.3 is 14.7 Å². The number of amides is 1. The highest BCUT2D eigenvalue weighted by Gasteiger charge is 2.13. The number of methoxy groups -OCH3 is 1. The van der Waals surface area contributed by atoms with E-state index in [1.165, 1.54) is 0 Å². The molecule has 1 N–H and O–H groups in total. The number of hydrogen-bond acceptors (Lipinski definition) is 4. The highest BCUT2D eigenvalue weighted by molar-refractivity contribution is 5.76. The lowest BCUT2D eigenvalue weighted by atomic mass is 10.2. The molecular weight excluding hydrogens is 244 g/mol. The smallest absolute Gasteiger partial charge is 0.223 e. The number of pyridine rings is 1. The van der Waals surface area contributed by atoms with Gasteiger partial charge in [0.05, 0.1) is 18.8 Å². The normalized spacial score (nSPS) is 10.4. The summed E-state index contributed by atoms with van der Waals surface area (Å²) in [5, 5.41) is 8.74. The Labute approximate surface area is 114 Å². The molecule has 0 aromatic carbocycles. The first-order valence-corrected chi connectivity index (χ1v) is 6.55. The molecule has 1 rings (SSSR count). The van der Waals surface area contributed by atoms with Gasteiger partial charge in [-0.1, -0.05) is 6.07 Å². The van der Waals surface area contributed by atoms with Crippen LogP contribution in [0.25, 0.3) is 0 Å². The standard InChI is InChI=1S/C14H22N2O3/c1-19-11-9-16(14(18)7-3-5-10-17)12-13-6-2-4-8-15-13/h2,4,6,8,17H,3,5,7,9-12H2,1H3. The SMILES string of the molecule is COCCN(Cc1ccccn1)C(=O)CCCCO. The van der Waals surface area contributed by atoms with Crippen molar-refractivity contribution in [2.75, 3.05) is 26.9 Å². The molecule has 0 saturated carbocycles. The Balaban J connectivity index is 2.53. The van der Waals surface area contributed by atoms with Crippen molar-refractivity contribution >= 4 is 5.91 Å². The van der Waals surface area contributed by atoms with E-state index in [1.54, 1.807) is 18.2 Å². The summed E-state index contributed by atoms with van der Waals surface area (Å²) in [5.41, 5.74) is 0.870. The van der Waals surface area contributed by atoms with Crippen molar-refractivity contribution < 1.29 is 14.6 Å². The Morgan fingerprint density at radius 1 is 1.42 bits per heavy atom. The molecule has 0 bridgehead atoms. The molecule has 1 amide bonds. The van der Waals surface area contributed by atoms with Crippen molar-refractivity contribution in [3.05, 3.63) is 30.1 Å². The fraction of sp³-hybridized carbons (Fsp3) is 0.571. The van der Waals surface area contributed by atoms with Gasteiger partial charge in [-0.2, -0.15) is 0 Å². The molecule has 0 aliphatic heterocycles. The van der Waals surface area contributed by atoms with E-state index in [9.17, 15) is 4.79 Å². The largest absolute Gasteiger partial charge is 0.396 e. The van der Waals surface area contributed by atoms with E-state index >= 15 is 0 Å². The van der Waals surface area contributed by atoms with E-state index in [2.05, 4.69) is 4.98 Å². The predicted octanol–water partition coefficient (Wildman–Crippen LogP) is 1.22. The van der Waals surface area contributed by atoms with Crippen molar-refractivity contribution in [3.63, 3.8) is 0 Å². The zero-order valence-electron chi connectivity index (χ0n) is 11.4. The average Bonchev–Trinajstić information content (AvgIpc) is 2.44. The van der Waals surface area contributed by atoms with Gasteiger partial charge in [0.2, 0.25) is 5.91 Å². The Bertz CT molecular complexity index is 357. The van der Waals surface area contributed by atoms with Crippen LogP contribution in [0, 0.1) is 0 Å². The van der Waals surface area contributed by atoms with E-state index in [0.717, 1.165) is 5.69 Å². The summed E-state index contributed by atoms with van der Waals surface area (Å²) >= 11 is 0. The number of carbonyl (C=O) groups is 1. The molecule has 1 aromatic rings. The number of aliphatic hydroxyl groups is 1. The Kier molecular flexibility index (Phi) is 7.77. The summed E-state index contributed by atoms with van der Waals surface area (Å²) in [5.74, 6) is 0.0798. The molecule has 19 heavy (non-hydrogen) atoms. The van der Waals surface area contributed by atoms with Gasteiger partial charge >= 0.3 is 0 Å². The third-order valence-corrected chi connectivity index (χ3v) is 2.80. The molecule has 0 saturated heterocycles. The zero-order valence-corrected chi connectivity index (χ0v) is 11.4. The number of hydrogen-bond donors (Lipinski definition) is 1. The van der Waals surface area contributed by atoms with Crippen molar-refractivity contribution in [2.45, 2.75) is 25.8 Å². The van der Waals surface area contributed by atoms with E-state index in [1.807, 2.05) is 18.2 Å². The van der Waals surface area contributed by atoms with E-state index in [4.69, 9.17) is 9.84 Å². The van der Waals surface area contributed by atoms with E-state index in [-0.39, 0.29) is 12.5 Å². The lowest BCUT2D eigenvalue weighted by molar-refractivity contribution is -0.132. The van der Waals surface area contributed by atoms with Crippen LogP contribution in [0.2, 0.25) is 0 Å². The maximum Gasteiger partial charge on any atom is 0.223 e. The molecule has 5 nitrogen and oxygen atoms in total. The van der Waals surface area contributed by atoms with Gasteiger partial charge in [-0.3, -0.25) is 9.78 Å². The summed E-state index contributed by atoms with van der Waals surface area (Å²) in [6, 6.07) is 5.67. The Hall–Kier alpha value is -1.46. The molecule has 0 unspecified atom stereocenters. The summed E-state index contributed by atoms with van der Waals surface area (Å²) in [6.07, 6.45) is 3.55. The van der Waals surface area contributed by atoms with Gasteiger partial charge in [0.25, 0.3) is 0 Å². The molecule has 0 fully saturated rings. The molecule has 0 aliphatic carbocycles. The van der Waals surface area contributed by atoms with Crippen LogP contribution in [0.1, 0.15) is 25.0 Å². The quantitative estimate of drug-likeness (QED) is 0.683. The number of aromatic nitrogens is 1. The van der Waals surface area contributed by atoms with Gasteiger partial charge in [0.1, 0.15) is 0 Å². The van der Waals surface area contributed by atoms with Gasteiger partial charge in [-0.15, -0.1) is 0 Å². The van der Waals surface area contributed by atoms with Crippen molar-refractivity contribution in [3.8, 4) is 0 Å². The van der Waals surface area contributed by atoms with Crippen LogP contribution in [-0.2, 0) is 16.1 Å². The second-order valence-electron chi connectivity index (χ2n) is 4.31. The molecular formula is C14H22N2O3. The summed E-state index contributed by atoms with van der Waals surface area (Å²) in [4.78, 5) is 18.1. The topological polar surface area (TPSA) is 62.7 Å². The lowest BCUT2D eigenvalue weighted by Gasteiger charge is -2.22. The molecule has 0 radical (unpaired) electrons. The van der Waals surface area contributed by atoms with Crippen LogP contribution < -0.4 is 0 Å². The van der Waals surface area contributed by atoms with Crippen LogP contribution in [-0.4, -0.2) is 47.8 Å². The van der Waals surface area contributed by atoms with Gasteiger partial charge in [-0.25, -0.2) is 0 Å². The van der Waals surface area contributed by atoms with Gasteiger partial charge in [0.15, 0.2) is 0 Å². The third kappa shape index (κ3) is 6.31. The van der Waals surface area contributed by atoms with E-state index < -0.39 is 0 Å². The number of unbranched alkanes of at least 4 members (excludes halogenated alkanes) is 1. The van der Waals surface area contributed by atoms with Crippen LogP contribution in [0.4, 0.5) is 0 Å². The first-order chi connectivity index (χ1) is 9.27. The molecule has 1 heterocycles. The lowest BCUT2D eigenvalue weighted by Crippen LogP contribution is -2.33. The highest BCUT2D eigenvalue weighted by Crippen LogP contribution is 2.06. The highest BCUT2D eigenvalue weighted by atomic mass is 16.5. The Morgan fingerprint density at radius 3 is 2.89 bits per heavy atom. The number of aliphatic hydroxyl groups excluding tert-OH is 1. The summed E-state index contributed by atoms with van der Waals surface area (Å²) in [7, 11) is 1.62. The van der Waals surface area contributed by atoms with Crippen molar-refractivity contribution in [1.82, 2.24) is 9.88 Å². The molecule has 106 valence electrons. The van der Waals surface area contributed by atoms with E-state index in [0.29, 0.717) is 39.0 Å². The maximum absolute atomic E-state index is 12.1. The van der Waals surface area contributed by atoms with Crippen LogP contribution >= 0.6 is 0 Å². The number of rotatable bonds is 9. The molecule has 0 spiro atoms. The molecule has 1 aromatic heterocycles.